The van der Waals surface area contributed by atoms with Crippen LogP contribution in [0.15, 0.2) is 30.3 Å². The summed E-state index contributed by atoms with van der Waals surface area (Å²) >= 11 is 1.43. The number of rotatable bonds is 4. The van der Waals surface area contributed by atoms with Crippen molar-refractivity contribution < 1.29 is 9.53 Å². The fourth-order valence-electron chi connectivity index (χ4n) is 1.99. The predicted molar refractivity (Wildman–Crippen MR) is 79.5 cm³/mol. The largest absolute Gasteiger partial charge is 0.462 e. The minimum atomic E-state index is -0.331. The van der Waals surface area contributed by atoms with Crippen LogP contribution in [0.3, 0.4) is 0 Å². The predicted octanol–water partition coefficient (Wildman–Crippen LogP) is 3.87. The quantitative estimate of drug-likeness (QED) is 0.862. The molecule has 100 valence electrons. The van der Waals surface area contributed by atoms with E-state index < -0.39 is 0 Å². The molecular weight excluding hydrogens is 258 g/mol. The first-order chi connectivity index (χ1) is 9.15. The molecule has 0 amide bonds. The molecule has 1 aromatic carbocycles. The van der Waals surface area contributed by atoms with Crippen molar-refractivity contribution in [2.24, 2.45) is 0 Å². The fraction of sp³-hybridized carbons (Fsp3) is 0.267. The first-order valence-corrected chi connectivity index (χ1v) is 7.08. The van der Waals surface area contributed by atoms with Crippen LogP contribution in [0.25, 0.3) is 11.1 Å². The zero-order valence-electron chi connectivity index (χ0n) is 11.1. The third-order valence-corrected chi connectivity index (χ3v) is 3.75. The maximum atomic E-state index is 12.1. The van der Waals surface area contributed by atoms with Crippen LogP contribution in [-0.2, 0) is 4.74 Å². The Morgan fingerprint density at radius 3 is 2.63 bits per heavy atom. The second kappa shape index (κ2) is 5.89. The van der Waals surface area contributed by atoms with Crippen molar-refractivity contribution in [1.29, 1.82) is 0 Å². The summed E-state index contributed by atoms with van der Waals surface area (Å²) in [4.78, 5) is 13.2. The topological polar surface area (TPSA) is 52.3 Å². The molecule has 1 aromatic heterocycles. The third kappa shape index (κ3) is 2.79. The van der Waals surface area contributed by atoms with Crippen LogP contribution in [0, 0.1) is 6.92 Å². The second-order valence-electron chi connectivity index (χ2n) is 4.27. The van der Waals surface area contributed by atoms with Crippen LogP contribution in [0.4, 0.5) is 5.00 Å². The van der Waals surface area contributed by atoms with Gasteiger partial charge in [0.1, 0.15) is 10.6 Å². The molecule has 2 rings (SSSR count). The van der Waals surface area contributed by atoms with E-state index in [1.807, 2.05) is 44.2 Å². The van der Waals surface area contributed by atoms with Crippen molar-refractivity contribution in [1.82, 2.24) is 0 Å². The maximum Gasteiger partial charge on any atom is 0.341 e. The van der Waals surface area contributed by atoms with E-state index in [2.05, 4.69) is 0 Å². The summed E-state index contributed by atoms with van der Waals surface area (Å²) in [5, 5.41) is 0.525. The molecule has 3 nitrogen and oxygen atoms in total. The van der Waals surface area contributed by atoms with Gasteiger partial charge in [-0.25, -0.2) is 4.79 Å². The number of carbonyl (C=O) groups is 1. The zero-order chi connectivity index (χ0) is 13.8. The van der Waals surface area contributed by atoms with Gasteiger partial charge < -0.3 is 10.5 Å². The number of aryl methyl sites for hydroxylation is 1. The average molecular weight is 275 g/mol. The summed E-state index contributed by atoms with van der Waals surface area (Å²) in [6.07, 6.45) is 0.801. The lowest BCUT2D eigenvalue weighted by Crippen LogP contribution is -2.08. The standard InChI is InChI=1S/C15H17NO2S/c1-3-9-18-15(17)13-12(10(2)19-14(13)16)11-7-5-4-6-8-11/h4-8H,3,9,16H2,1-2H3. The Labute approximate surface area is 117 Å². The van der Waals surface area contributed by atoms with Gasteiger partial charge in [0, 0.05) is 10.4 Å². The lowest BCUT2D eigenvalue weighted by Gasteiger charge is -2.07. The number of carbonyl (C=O) groups excluding carboxylic acids is 1. The number of anilines is 1. The summed E-state index contributed by atoms with van der Waals surface area (Å²) in [7, 11) is 0. The van der Waals surface area contributed by atoms with E-state index in [4.69, 9.17) is 10.5 Å². The lowest BCUT2D eigenvalue weighted by atomic mass is 10.0. The number of hydrogen-bond donors (Lipinski definition) is 1. The molecule has 0 aliphatic heterocycles. The van der Waals surface area contributed by atoms with Crippen molar-refractivity contribution in [2.75, 3.05) is 12.3 Å². The Bertz CT molecular complexity index is 575. The molecule has 0 bridgehead atoms. The Hall–Kier alpha value is -1.81. The van der Waals surface area contributed by atoms with E-state index in [-0.39, 0.29) is 5.97 Å². The van der Waals surface area contributed by atoms with Crippen LogP contribution in [0.1, 0.15) is 28.6 Å². The van der Waals surface area contributed by atoms with Gasteiger partial charge in [0.25, 0.3) is 0 Å². The normalized spacial score (nSPS) is 10.4. The summed E-state index contributed by atoms with van der Waals surface area (Å²) in [5.41, 5.74) is 8.36. The molecule has 19 heavy (non-hydrogen) atoms. The molecule has 0 aliphatic carbocycles. The van der Waals surface area contributed by atoms with Crippen molar-refractivity contribution >= 4 is 22.3 Å². The molecule has 0 saturated heterocycles. The van der Waals surface area contributed by atoms with Gasteiger partial charge in [-0.1, -0.05) is 37.3 Å². The van der Waals surface area contributed by atoms with E-state index in [0.717, 1.165) is 22.4 Å². The summed E-state index contributed by atoms with van der Waals surface area (Å²) < 4.78 is 5.22. The molecule has 0 aliphatic rings. The Morgan fingerprint density at radius 1 is 1.32 bits per heavy atom. The minimum Gasteiger partial charge on any atom is -0.462 e. The van der Waals surface area contributed by atoms with Crippen molar-refractivity contribution in [3.8, 4) is 11.1 Å². The number of thiophene rings is 1. The van der Waals surface area contributed by atoms with Gasteiger partial charge in [0.05, 0.1) is 6.61 Å². The Balaban J connectivity index is 2.47. The molecule has 4 heteroatoms. The van der Waals surface area contributed by atoms with Crippen LogP contribution >= 0.6 is 11.3 Å². The SMILES string of the molecule is CCCOC(=O)c1c(N)sc(C)c1-c1ccccc1. The highest BCUT2D eigenvalue weighted by molar-refractivity contribution is 7.16. The van der Waals surface area contributed by atoms with Crippen LogP contribution in [-0.4, -0.2) is 12.6 Å². The zero-order valence-corrected chi connectivity index (χ0v) is 11.9. The Kier molecular flexibility index (Phi) is 4.22. The van der Waals surface area contributed by atoms with E-state index in [1.54, 1.807) is 0 Å². The van der Waals surface area contributed by atoms with Gasteiger partial charge >= 0.3 is 5.97 Å². The van der Waals surface area contributed by atoms with E-state index in [9.17, 15) is 4.79 Å². The molecule has 2 aromatic rings. The van der Waals surface area contributed by atoms with Crippen molar-refractivity contribution in [3.05, 3.63) is 40.8 Å². The van der Waals surface area contributed by atoms with E-state index in [1.165, 1.54) is 11.3 Å². The average Bonchev–Trinajstić information content (AvgIpc) is 2.71. The molecule has 0 spiro atoms. The molecular formula is C15H17NO2S. The molecule has 0 radical (unpaired) electrons. The number of ether oxygens (including phenoxy) is 1. The third-order valence-electron chi connectivity index (χ3n) is 2.82. The number of hydrogen-bond acceptors (Lipinski definition) is 4. The van der Waals surface area contributed by atoms with Gasteiger partial charge in [-0.15, -0.1) is 11.3 Å². The molecule has 0 unspecified atom stereocenters. The molecule has 0 atom stereocenters. The van der Waals surface area contributed by atoms with Crippen LogP contribution in [0.5, 0.6) is 0 Å². The summed E-state index contributed by atoms with van der Waals surface area (Å²) in [5.74, 6) is -0.331. The molecule has 2 N–H and O–H groups in total. The fourth-order valence-corrected chi connectivity index (χ4v) is 2.93. The van der Waals surface area contributed by atoms with E-state index in [0.29, 0.717) is 17.2 Å². The van der Waals surface area contributed by atoms with Gasteiger partial charge in [-0.05, 0) is 18.9 Å². The summed E-state index contributed by atoms with van der Waals surface area (Å²) in [6, 6.07) is 9.80. The number of nitrogen functional groups attached to an aromatic ring is 1. The molecule has 0 saturated carbocycles. The molecule has 1 heterocycles. The van der Waals surface area contributed by atoms with E-state index >= 15 is 0 Å². The highest BCUT2D eigenvalue weighted by Gasteiger charge is 2.22. The minimum absolute atomic E-state index is 0.331. The lowest BCUT2D eigenvalue weighted by molar-refractivity contribution is 0.0507. The smallest absolute Gasteiger partial charge is 0.341 e. The van der Waals surface area contributed by atoms with Gasteiger partial charge in [-0.3, -0.25) is 0 Å². The Morgan fingerprint density at radius 2 is 2.00 bits per heavy atom. The first kappa shape index (κ1) is 13.6. The van der Waals surface area contributed by atoms with Crippen molar-refractivity contribution in [2.45, 2.75) is 20.3 Å². The van der Waals surface area contributed by atoms with Gasteiger partial charge in [0.2, 0.25) is 0 Å². The number of esters is 1. The van der Waals surface area contributed by atoms with Crippen LogP contribution < -0.4 is 5.73 Å². The highest BCUT2D eigenvalue weighted by atomic mass is 32.1. The maximum absolute atomic E-state index is 12.1. The summed E-state index contributed by atoms with van der Waals surface area (Å²) in [6.45, 7) is 4.36. The number of benzene rings is 1. The van der Waals surface area contributed by atoms with Crippen LogP contribution in [0.2, 0.25) is 0 Å². The first-order valence-electron chi connectivity index (χ1n) is 6.26. The van der Waals surface area contributed by atoms with Crippen molar-refractivity contribution in [3.63, 3.8) is 0 Å². The molecule has 0 fully saturated rings. The van der Waals surface area contributed by atoms with Gasteiger partial charge in [0.15, 0.2) is 0 Å². The monoisotopic (exact) mass is 275 g/mol. The number of nitrogens with two attached hydrogens (primary N) is 1. The van der Waals surface area contributed by atoms with Gasteiger partial charge in [-0.2, -0.15) is 0 Å². The highest BCUT2D eigenvalue weighted by Crippen LogP contribution is 2.38. The second-order valence-corrected chi connectivity index (χ2v) is 5.53.